The predicted octanol–water partition coefficient (Wildman–Crippen LogP) is 3.81. The first-order chi connectivity index (χ1) is 12.5. The van der Waals surface area contributed by atoms with Crippen molar-refractivity contribution >= 4 is 28.5 Å². The van der Waals surface area contributed by atoms with Gasteiger partial charge in [-0.3, -0.25) is 0 Å². The summed E-state index contributed by atoms with van der Waals surface area (Å²) in [5, 5.41) is 3.86. The molecule has 134 valence electrons. The second-order valence-electron chi connectivity index (χ2n) is 6.35. The summed E-state index contributed by atoms with van der Waals surface area (Å²) in [6.07, 6.45) is 0. The number of carbonyl (C=O) groups is 1. The van der Waals surface area contributed by atoms with Gasteiger partial charge in [-0.25, -0.2) is 9.78 Å². The quantitative estimate of drug-likeness (QED) is 0.696. The number of nitrogens with zero attached hydrogens (tertiary/aromatic N) is 1. The minimum atomic E-state index is -0.344. The van der Waals surface area contributed by atoms with E-state index >= 15 is 0 Å². The van der Waals surface area contributed by atoms with Crippen molar-refractivity contribution in [1.82, 2.24) is 4.98 Å². The second-order valence-corrected chi connectivity index (χ2v) is 6.78. The highest BCUT2D eigenvalue weighted by atomic mass is 35.5. The molecular formula is C21H22ClN2O2+. The number of esters is 1. The van der Waals surface area contributed by atoms with Crippen LogP contribution in [0.1, 0.15) is 40.1 Å². The van der Waals surface area contributed by atoms with Gasteiger partial charge >= 0.3 is 5.97 Å². The number of pyridine rings is 1. The Hall–Kier alpha value is -2.43. The molecule has 5 heteroatoms. The summed E-state index contributed by atoms with van der Waals surface area (Å²) in [4.78, 5) is 17.1. The highest BCUT2D eigenvalue weighted by molar-refractivity contribution is 6.30. The van der Waals surface area contributed by atoms with Gasteiger partial charge in [0.15, 0.2) is 0 Å². The maximum atomic E-state index is 12.4. The summed E-state index contributed by atoms with van der Waals surface area (Å²) < 4.78 is 5.00. The van der Waals surface area contributed by atoms with Crippen LogP contribution in [0.2, 0.25) is 5.02 Å². The highest BCUT2D eigenvalue weighted by Crippen LogP contribution is 2.23. The van der Waals surface area contributed by atoms with Crippen molar-refractivity contribution in [2.75, 3.05) is 7.11 Å². The third kappa shape index (κ3) is 3.71. The largest absolute Gasteiger partial charge is 0.465 e. The molecule has 0 aliphatic heterocycles. The lowest BCUT2D eigenvalue weighted by molar-refractivity contribution is -0.708. The molecule has 4 nitrogen and oxygen atoms in total. The molecule has 0 saturated heterocycles. The Morgan fingerprint density at radius 3 is 2.58 bits per heavy atom. The number of aryl methyl sites for hydroxylation is 1. The van der Waals surface area contributed by atoms with Gasteiger partial charge in [0, 0.05) is 16.0 Å². The number of methoxy groups -OCH3 is 1. The molecule has 1 aromatic heterocycles. The van der Waals surface area contributed by atoms with Crippen molar-refractivity contribution in [3.05, 3.63) is 75.9 Å². The lowest BCUT2D eigenvalue weighted by atomic mass is 10.0. The SMILES string of the molecule is COC(=O)c1c(C[NH2+][C@@H](C)c2ccc(Cl)cc2)nc2ccccc2c1C. The van der Waals surface area contributed by atoms with Gasteiger partial charge in [0.25, 0.3) is 0 Å². The van der Waals surface area contributed by atoms with Crippen molar-refractivity contribution in [2.45, 2.75) is 26.4 Å². The Bertz CT molecular complexity index is 939. The molecule has 0 spiro atoms. The first-order valence-corrected chi connectivity index (χ1v) is 8.94. The van der Waals surface area contributed by atoms with Crippen LogP contribution in [0.4, 0.5) is 0 Å². The third-order valence-electron chi connectivity index (χ3n) is 4.68. The van der Waals surface area contributed by atoms with Gasteiger partial charge in [0.05, 0.1) is 18.2 Å². The molecule has 1 atom stereocenters. The number of benzene rings is 2. The van der Waals surface area contributed by atoms with E-state index in [9.17, 15) is 4.79 Å². The Morgan fingerprint density at radius 2 is 1.88 bits per heavy atom. The normalized spacial score (nSPS) is 12.2. The summed E-state index contributed by atoms with van der Waals surface area (Å²) in [7, 11) is 1.40. The van der Waals surface area contributed by atoms with E-state index in [4.69, 9.17) is 21.3 Å². The Balaban J connectivity index is 1.93. The number of quaternary nitrogens is 1. The van der Waals surface area contributed by atoms with E-state index in [0.717, 1.165) is 27.2 Å². The number of para-hydroxylation sites is 1. The molecule has 0 fully saturated rings. The first-order valence-electron chi connectivity index (χ1n) is 8.56. The summed E-state index contributed by atoms with van der Waals surface area (Å²) >= 11 is 5.96. The van der Waals surface area contributed by atoms with Crippen molar-refractivity contribution in [2.24, 2.45) is 0 Å². The van der Waals surface area contributed by atoms with Crippen molar-refractivity contribution in [3.8, 4) is 0 Å². The molecule has 0 unspecified atom stereocenters. The topological polar surface area (TPSA) is 55.8 Å². The van der Waals surface area contributed by atoms with Crippen molar-refractivity contribution in [3.63, 3.8) is 0 Å². The maximum Gasteiger partial charge on any atom is 0.340 e. The van der Waals surface area contributed by atoms with Gasteiger partial charge in [-0.05, 0) is 37.6 Å². The van der Waals surface area contributed by atoms with Crippen LogP contribution in [-0.2, 0) is 11.3 Å². The van der Waals surface area contributed by atoms with Gasteiger partial charge in [-0.1, -0.05) is 41.9 Å². The monoisotopic (exact) mass is 369 g/mol. The van der Waals surface area contributed by atoms with Gasteiger partial charge < -0.3 is 10.1 Å². The van der Waals surface area contributed by atoms with Crippen molar-refractivity contribution < 1.29 is 14.8 Å². The number of nitrogens with two attached hydrogens (primary N) is 1. The zero-order valence-electron chi connectivity index (χ0n) is 15.1. The molecule has 0 radical (unpaired) electrons. The molecular weight excluding hydrogens is 348 g/mol. The fraction of sp³-hybridized carbons (Fsp3) is 0.238. The van der Waals surface area contributed by atoms with Gasteiger partial charge in [0.1, 0.15) is 18.3 Å². The zero-order chi connectivity index (χ0) is 18.7. The zero-order valence-corrected chi connectivity index (χ0v) is 15.9. The Kier molecular flexibility index (Phi) is 5.55. The number of hydrogen-bond donors (Lipinski definition) is 1. The number of aromatic nitrogens is 1. The molecule has 2 N–H and O–H groups in total. The third-order valence-corrected chi connectivity index (χ3v) is 4.93. The van der Waals surface area contributed by atoms with E-state index < -0.39 is 0 Å². The number of hydrogen-bond acceptors (Lipinski definition) is 3. The van der Waals surface area contributed by atoms with E-state index in [-0.39, 0.29) is 12.0 Å². The standard InChI is InChI=1S/C21H21ClN2O2/c1-13-17-6-4-5-7-18(17)24-19(20(13)21(25)26-3)12-23-14(2)15-8-10-16(22)11-9-15/h4-11,14,23H,12H2,1-3H3/p+1/t14-/m0/s1. The fourth-order valence-corrected chi connectivity index (χ4v) is 3.28. The van der Waals surface area contributed by atoms with Crippen LogP contribution in [0.5, 0.6) is 0 Å². The summed E-state index contributed by atoms with van der Waals surface area (Å²) in [5.41, 5.74) is 4.27. The molecule has 2 aromatic carbocycles. The number of ether oxygens (including phenoxy) is 1. The lowest BCUT2D eigenvalue weighted by Crippen LogP contribution is -2.83. The van der Waals surface area contributed by atoms with E-state index in [0.29, 0.717) is 12.1 Å². The van der Waals surface area contributed by atoms with Crippen molar-refractivity contribution in [1.29, 1.82) is 0 Å². The van der Waals surface area contributed by atoms with Crippen LogP contribution < -0.4 is 5.32 Å². The molecule has 0 bridgehead atoms. The molecule has 0 amide bonds. The van der Waals surface area contributed by atoms with Crippen LogP contribution >= 0.6 is 11.6 Å². The predicted molar refractivity (Wildman–Crippen MR) is 103 cm³/mol. The summed E-state index contributed by atoms with van der Waals surface area (Å²) in [6, 6.07) is 15.9. The van der Waals surface area contributed by atoms with Crippen LogP contribution in [0, 0.1) is 6.92 Å². The molecule has 0 saturated carbocycles. The first kappa shape index (κ1) is 18.4. The van der Waals surface area contributed by atoms with Gasteiger partial charge in [-0.2, -0.15) is 0 Å². The Labute approximate surface area is 158 Å². The molecule has 1 heterocycles. The fourth-order valence-electron chi connectivity index (χ4n) is 3.15. The average Bonchev–Trinajstić information content (AvgIpc) is 2.66. The van der Waals surface area contributed by atoms with Crippen LogP contribution in [0.15, 0.2) is 48.5 Å². The number of halogens is 1. The smallest absolute Gasteiger partial charge is 0.340 e. The van der Waals surface area contributed by atoms with Gasteiger partial charge in [0.2, 0.25) is 0 Å². The van der Waals surface area contributed by atoms with E-state index in [1.807, 2.05) is 55.5 Å². The summed E-state index contributed by atoms with van der Waals surface area (Å²) in [6.45, 7) is 4.65. The molecule has 0 aliphatic carbocycles. The minimum absolute atomic E-state index is 0.214. The minimum Gasteiger partial charge on any atom is -0.465 e. The second kappa shape index (κ2) is 7.85. The number of carbonyl (C=O) groups excluding carboxylic acids is 1. The number of rotatable bonds is 5. The van der Waals surface area contributed by atoms with E-state index in [1.165, 1.54) is 12.7 Å². The Morgan fingerprint density at radius 1 is 1.19 bits per heavy atom. The average molecular weight is 370 g/mol. The van der Waals surface area contributed by atoms with E-state index in [1.54, 1.807) is 0 Å². The molecule has 0 aliphatic rings. The van der Waals surface area contributed by atoms with E-state index in [2.05, 4.69) is 12.2 Å². The molecule has 26 heavy (non-hydrogen) atoms. The van der Waals surface area contributed by atoms with Crippen LogP contribution in [0.3, 0.4) is 0 Å². The highest BCUT2D eigenvalue weighted by Gasteiger charge is 2.21. The maximum absolute atomic E-state index is 12.4. The lowest BCUT2D eigenvalue weighted by Gasteiger charge is -2.15. The van der Waals surface area contributed by atoms with Crippen LogP contribution in [0.25, 0.3) is 10.9 Å². The molecule has 3 rings (SSSR count). The van der Waals surface area contributed by atoms with Gasteiger partial charge in [-0.15, -0.1) is 0 Å². The number of fused-ring (bicyclic) bond motifs is 1. The summed E-state index contributed by atoms with van der Waals surface area (Å²) in [5.74, 6) is -0.344. The van der Waals surface area contributed by atoms with Crippen LogP contribution in [-0.4, -0.2) is 18.1 Å². The molecule has 3 aromatic rings.